The maximum absolute atomic E-state index is 11.9. The number of amidine groups is 2. The highest BCUT2D eigenvalue weighted by molar-refractivity contribution is 7.99. The number of thioether (sulfide) groups is 2. The summed E-state index contributed by atoms with van der Waals surface area (Å²) in [4.78, 5) is 37.9. The minimum Gasteiger partial charge on any atom is -0.466 e. The standard InChI is InChI=1S/C42H83N7O4S2/c1-3-5-7-9-11-13-15-33-52-41(50)21-37-54-35-17-19-39(43)46-24-23-45-25-27-48-29-31-49(32-30-48)28-26-47-40(44)20-18-36-55-38-22-42(51)53-34-16-14-12-10-8-6-4-2/h45H,3-38H2,1-2H3,(H2,43,46)(H2,44,47). The Morgan fingerprint density at radius 1 is 0.545 bits per heavy atom. The Kier molecular flexibility index (Phi) is 36.8. The number of esters is 2. The third kappa shape index (κ3) is 35.4. The van der Waals surface area contributed by atoms with Gasteiger partial charge in [-0.25, -0.2) is 0 Å². The molecule has 5 N–H and O–H groups in total. The van der Waals surface area contributed by atoms with E-state index in [9.17, 15) is 9.59 Å². The van der Waals surface area contributed by atoms with Crippen LogP contribution in [0, 0.1) is 0 Å². The predicted molar refractivity (Wildman–Crippen MR) is 239 cm³/mol. The fourth-order valence-electron chi connectivity index (χ4n) is 6.23. The molecular weight excluding hydrogens is 731 g/mol. The summed E-state index contributed by atoms with van der Waals surface area (Å²) in [5.41, 5.74) is 12.3. The first-order chi connectivity index (χ1) is 26.9. The Balaban J connectivity index is 1.90. The van der Waals surface area contributed by atoms with Gasteiger partial charge in [0, 0.05) is 76.7 Å². The smallest absolute Gasteiger partial charge is 0.306 e. The van der Waals surface area contributed by atoms with Crippen LogP contribution >= 0.6 is 23.5 Å². The molecule has 0 atom stereocenters. The molecule has 0 radical (unpaired) electrons. The number of rotatable bonds is 39. The van der Waals surface area contributed by atoms with E-state index < -0.39 is 0 Å². The minimum absolute atomic E-state index is 0.0696. The van der Waals surface area contributed by atoms with Crippen LogP contribution in [0.5, 0.6) is 0 Å². The Bertz CT molecular complexity index is 965. The van der Waals surface area contributed by atoms with Crippen molar-refractivity contribution in [2.75, 3.05) is 102 Å². The van der Waals surface area contributed by atoms with Crippen molar-refractivity contribution in [1.29, 1.82) is 0 Å². The third-order valence-electron chi connectivity index (χ3n) is 9.77. The van der Waals surface area contributed by atoms with Gasteiger partial charge in [0.25, 0.3) is 0 Å². The van der Waals surface area contributed by atoms with Crippen LogP contribution in [-0.2, 0) is 19.1 Å². The molecule has 322 valence electrons. The van der Waals surface area contributed by atoms with Gasteiger partial charge < -0.3 is 26.3 Å². The zero-order valence-corrected chi connectivity index (χ0v) is 37.0. The number of nitrogens with one attached hydrogen (secondary N) is 1. The lowest BCUT2D eigenvalue weighted by molar-refractivity contribution is -0.144. The zero-order chi connectivity index (χ0) is 39.9. The van der Waals surface area contributed by atoms with E-state index in [4.69, 9.17) is 20.9 Å². The summed E-state index contributed by atoms with van der Waals surface area (Å²) >= 11 is 3.58. The van der Waals surface area contributed by atoms with Crippen molar-refractivity contribution in [3.05, 3.63) is 0 Å². The molecule has 55 heavy (non-hydrogen) atoms. The first-order valence-corrected chi connectivity index (χ1v) is 24.4. The second kappa shape index (κ2) is 39.3. The molecule has 0 spiro atoms. The molecule has 0 aromatic heterocycles. The molecule has 0 saturated carbocycles. The average Bonchev–Trinajstić information content (AvgIpc) is 3.18. The molecule has 1 rings (SSSR count). The molecule has 0 aromatic rings. The van der Waals surface area contributed by atoms with Gasteiger partial charge in [-0.05, 0) is 37.2 Å². The number of carbonyl (C=O) groups excluding carboxylic acids is 2. The van der Waals surface area contributed by atoms with Crippen LogP contribution in [0.2, 0.25) is 0 Å². The van der Waals surface area contributed by atoms with Crippen molar-refractivity contribution < 1.29 is 19.1 Å². The van der Waals surface area contributed by atoms with Gasteiger partial charge in [-0.1, -0.05) is 90.9 Å². The van der Waals surface area contributed by atoms with E-state index in [1.54, 1.807) is 23.5 Å². The van der Waals surface area contributed by atoms with E-state index >= 15 is 0 Å². The first-order valence-electron chi connectivity index (χ1n) is 22.1. The van der Waals surface area contributed by atoms with Crippen molar-refractivity contribution in [3.63, 3.8) is 0 Å². The van der Waals surface area contributed by atoms with E-state index in [1.165, 1.54) is 64.2 Å². The van der Waals surface area contributed by atoms with E-state index in [-0.39, 0.29) is 11.9 Å². The molecule has 0 amide bonds. The molecule has 1 heterocycles. The maximum Gasteiger partial charge on any atom is 0.306 e. The lowest BCUT2D eigenvalue weighted by Gasteiger charge is -2.34. The summed E-state index contributed by atoms with van der Waals surface area (Å²) in [5, 5.41) is 3.50. The van der Waals surface area contributed by atoms with Gasteiger partial charge in [0.1, 0.15) is 0 Å². The second-order valence-corrected chi connectivity index (χ2v) is 17.2. The Morgan fingerprint density at radius 3 is 1.47 bits per heavy atom. The second-order valence-electron chi connectivity index (χ2n) is 14.8. The molecule has 13 heteroatoms. The number of hydrogen-bond donors (Lipinski definition) is 3. The normalized spacial score (nSPS) is 14.4. The highest BCUT2D eigenvalue weighted by Gasteiger charge is 2.16. The SMILES string of the molecule is CCCCCCCCCOC(=O)CCSCCCC(N)=NCCNCCN1CCN(CCN=C(N)CCCSCCC(=O)OCCCCCCCCC)CC1. The van der Waals surface area contributed by atoms with Gasteiger partial charge in [-0.15, -0.1) is 0 Å². The number of ether oxygens (including phenoxy) is 2. The Hall–Kier alpha value is -1.54. The van der Waals surface area contributed by atoms with Crippen molar-refractivity contribution in [2.45, 2.75) is 142 Å². The fraction of sp³-hybridized carbons (Fsp3) is 0.905. The molecule has 0 aliphatic carbocycles. The number of aliphatic imine (C=N–C) groups is 2. The first kappa shape index (κ1) is 51.5. The molecule has 1 aliphatic heterocycles. The van der Waals surface area contributed by atoms with Crippen LogP contribution in [0.25, 0.3) is 0 Å². The van der Waals surface area contributed by atoms with Crippen LogP contribution in [0.15, 0.2) is 9.98 Å². The van der Waals surface area contributed by atoms with E-state index in [2.05, 4.69) is 38.9 Å². The van der Waals surface area contributed by atoms with Gasteiger partial charge in [-0.3, -0.25) is 29.4 Å². The van der Waals surface area contributed by atoms with Crippen molar-refractivity contribution >= 4 is 47.1 Å². The zero-order valence-electron chi connectivity index (χ0n) is 35.3. The van der Waals surface area contributed by atoms with Crippen LogP contribution in [-0.4, -0.2) is 135 Å². The number of carbonyl (C=O) groups is 2. The third-order valence-corrected chi connectivity index (χ3v) is 11.9. The van der Waals surface area contributed by atoms with Crippen molar-refractivity contribution in [3.8, 4) is 0 Å². The Morgan fingerprint density at radius 2 is 0.982 bits per heavy atom. The van der Waals surface area contributed by atoms with Gasteiger partial charge in [-0.2, -0.15) is 23.5 Å². The highest BCUT2D eigenvalue weighted by Crippen LogP contribution is 2.11. The van der Waals surface area contributed by atoms with Crippen molar-refractivity contribution in [1.82, 2.24) is 15.1 Å². The minimum atomic E-state index is -0.0721. The molecule has 1 fully saturated rings. The fourth-order valence-corrected chi connectivity index (χ4v) is 7.96. The van der Waals surface area contributed by atoms with Crippen molar-refractivity contribution in [2.24, 2.45) is 21.5 Å². The number of unbranched alkanes of at least 4 members (excludes halogenated alkanes) is 12. The average molecular weight is 814 g/mol. The molecule has 0 aromatic carbocycles. The largest absolute Gasteiger partial charge is 0.466 e. The summed E-state index contributed by atoms with van der Waals surface area (Å²) in [6.07, 6.45) is 21.8. The highest BCUT2D eigenvalue weighted by atomic mass is 32.2. The van der Waals surface area contributed by atoms with E-state index in [0.717, 1.165) is 145 Å². The van der Waals surface area contributed by atoms with Gasteiger partial charge in [0.05, 0.1) is 50.8 Å². The van der Waals surface area contributed by atoms with Crippen LogP contribution in [0.3, 0.4) is 0 Å². The summed E-state index contributed by atoms with van der Waals surface area (Å²) in [6, 6.07) is 0. The van der Waals surface area contributed by atoms with E-state index in [0.29, 0.717) is 32.6 Å². The number of nitrogens with zero attached hydrogens (tertiary/aromatic N) is 4. The number of piperazine rings is 1. The quantitative estimate of drug-likeness (QED) is 0.0249. The summed E-state index contributed by atoms with van der Waals surface area (Å²) in [7, 11) is 0. The monoisotopic (exact) mass is 814 g/mol. The predicted octanol–water partition coefficient (Wildman–Crippen LogP) is 7.30. The molecule has 0 bridgehead atoms. The van der Waals surface area contributed by atoms with E-state index in [1.807, 2.05) is 0 Å². The lowest BCUT2D eigenvalue weighted by atomic mass is 10.1. The summed E-state index contributed by atoms with van der Waals surface area (Å²) in [6.45, 7) is 15.1. The number of hydrogen-bond acceptors (Lipinski definition) is 11. The molecular formula is C42H83N7O4S2. The molecule has 11 nitrogen and oxygen atoms in total. The van der Waals surface area contributed by atoms with Gasteiger partial charge in [0.15, 0.2) is 0 Å². The Labute approximate surface area is 345 Å². The van der Waals surface area contributed by atoms with Gasteiger partial charge >= 0.3 is 11.9 Å². The molecule has 0 unspecified atom stereocenters. The maximum atomic E-state index is 11.9. The summed E-state index contributed by atoms with van der Waals surface area (Å²) in [5.74, 6) is 4.90. The van der Waals surface area contributed by atoms with Crippen LogP contribution in [0.1, 0.15) is 142 Å². The molecule has 1 aliphatic rings. The van der Waals surface area contributed by atoms with Crippen LogP contribution < -0.4 is 16.8 Å². The topological polar surface area (TPSA) is 148 Å². The van der Waals surface area contributed by atoms with Gasteiger partial charge in [0.2, 0.25) is 0 Å². The summed E-state index contributed by atoms with van der Waals surface area (Å²) < 4.78 is 10.7. The van der Waals surface area contributed by atoms with Crippen LogP contribution in [0.4, 0.5) is 0 Å². The number of nitrogens with two attached hydrogens (primary N) is 2. The molecule has 1 saturated heterocycles. The lowest BCUT2D eigenvalue weighted by Crippen LogP contribution is -2.48.